The Hall–Kier alpha value is -4.42. The molecule has 1 saturated heterocycles. The first-order valence-electron chi connectivity index (χ1n) is 12.7. The van der Waals surface area contributed by atoms with Gasteiger partial charge < -0.3 is 14.7 Å². The first-order valence-corrected chi connectivity index (χ1v) is 12.7. The van der Waals surface area contributed by atoms with Crippen LogP contribution in [0.25, 0.3) is 17.2 Å². The zero-order valence-electron chi connectivity index (χ0n) is 20.8. The number of carbonyl (C=O) groups is 1. The van der Waals surface area contributed by atoms with E-state index in [0.29, 0.717) is 55.3 Å². The number of ketones is 1. The van der Waals surface area contributed by atoms with Crippen molar-refractivity contribution in [1.29, 1.82) is 0 Å². The molecule has 1 fully saturated rings. The topological polar surface area (TPSA) is 53.0 Å². The monoisotopic (exact) mass is 506 g/mol. The number of allylic oxidation sites excluding steroid dienone is 1. The van der Waals surface area contributed by atoms with Gasteiger partial charge in [-0.15, -0.1) is 0 Å². The maximum atomic E-state index is 14.2. The number of aromatic hydroxyl groups is 1. The molecule has 0 spiro atoms. The molecule has 0 atom stereocenters. The molecule has 4 aromatic rings. The summed E-state index contributed by atoms with van der Waals surface area (Å²) >= 11 is 0. The van der Waals surface area contributed by atoms with Gasteiger partial charge in [-0.2, -0.15) is 0 Å². The van der Waals surface area contributed by atoms with Gasteiger partial charge in [0.15, 0.2) is 5.76 Å². The third kappa shape index (κ3) is 4.66. The largest absolute Gasteiger partial charge is 0.507 e. The summed E-state index contributed by atoms with van der Waals surface area (Å²) in [6.45, 7) is 3.16. The quantitative estimate of drug-likeness (QED) is 0.330. The average molecular weight is 507 g/mol. The lowest BCUT2D eigenvalue weighted by Crippen LogP contribution is -2.46. The molecule has 0 unspecified atom stereocenters. The highest BCUT2D eigenvalue weighted by Gasteiger charge is 2.32. The first-order chi connectivity index (χ1) is 18.6. The summed E-state index contributed by atoms with van der Waals surface area (Å²) in [7, 11) is 0. The van der Waals surface area contributed by atoms with Crippen LogP contribution in [0.5, 0.6) is 11.5 Å². The summed E-state index contributed by atoms with van der Waals surface area (Å²) in [6.07, 6.45) is 1.74. The molecule has 0 saturated carbocycles. The Kier molecular flexibility index (Phi) is 6.40. The van der Waals surface area contributed by atoms with Gasteiger partial charge in [0.1, 0.15) is 17.3 Å². The number of ether oxygens (including phenoxy) is 1. The van der Waals surface area contributed by atoms with Crippen molar-refractivity contribution >= 4 is 17.5 Å². The molecule has 0 aliphatic carbocycles. The van der Waals surface area contributed by atoms with Gasteiger partial charge in [0.05, 0.1) is 16.8 Å². The summed E-state index contributed by atoms with van der Waals surface area (Å²) in [5.41, 5.74) is 4.74. The van der Waals surface area contributed by atoms with Crippen LogP contribution in [0.4, 0.5) is 10.1 Å². The second-order valence-corrected chi connectivity index (χ2v) is 9.58. The van der Waals surface area contributed by atoms with E-state index in [4.69, 9.17) is 4.74 Å². The number of halogens is 1. The number of para-hydroxylation sites is 1. The summed E-state index contributed by atoms with van der Waals surface area (Å²) in [5, 5.41) is 10.7. The Morgan fingerprint density at radius 3 is 2.24 bits per heavy atom. The second kappa shape index (κ2) is 10.1. The predicted molar refractivity (Wildman–Crippen MR) is 147 cm³/mol. The number of hydrogen-bond donors (Lipinski definition) is 1. The number of fused-ring (bicyclic) bond motifs is 1. The van der Waals surface area contributed by atoms with Gasteiger partial charge in [-0.05, 0) is 47.0 Å². The molecule has 6 heteroatoms. The van der Waals surface area contributed by atoms with Crippen LogP contribution in [0.3, 0.4) is 0 Å². The fourth-order valence-corrected chi connectivity index (χ4v) is 5.08. The SMILES string of the molecule is O=C1/C(=C\c2ccc(-c3ccccc3)cc2)Oc2c1ccc(O)c2CN1CCN(c2ccccc2F)CC1. The van der Waals surface area contributed by atoms with Crippen LogP contribution < -0.4 is 9.64 Å². The van der Waals surface area contributed by atoms with Crippen molar-refractivity contribution in [2.24, 2.45) is 0 Å². The fraction of sp³-hybridized carbons (Fsp3) is 0.156. The number of hydrogen-bond acceptors (Lipinski definition) is 5. The maximum absolute atomic E-state index is 14.2. The Bertz CT molecular complexity index is 1510. The predicted octanol–water partition coefficient (Wildman–Crippen LogP) is 6.14. The molecule has 38 heavy (non-hydrogen) atoms. The Morgan fingerprint density at radius 2 is 1.50 bits per heavy atom. The van der Waals surface area contributed by atoms with Gasteiger partial charge in [0, 0.05) is 32.7 Å². The number of anilines is 1. The van der Waals surface area contributed by atoms with Crippen molar-refractivity contribution in [3.05, 3.63) is 119 Å². The van der Waals surface area contributed by atoms with E-state index in [1.807, 2.05) is 53.4 Å². The van der Waals surface area contributed by atoms with Crippen molar-refractivity contribution < 1.29 is 19.0 Å². The standard InChI is InChI=1S/C32H27FN2O3/c33-27-8-4-5-9-28(27)35-18-16-34(17-19-35)21-26-29(36)15-14-25-31(37)30(38-32(25)26)20-22-10-12-24(13-11-22)23-6-2-1-3-7-23/h1-15,20,36H,16-19,21H2/b30-20+. The van der Waals surface area contributed by atoms with Crippen molar-refractivity contribution in [1.82, 2.24) is 4.90 Å². The summed E-state index contributed by atoms with van der Waals surface area (Å²) in [5.74, 6) is 0.335. The Morgan fingerprint density at radius 1 is 0.816 bits per heavy atom. The van der Waals surface area contributed by atoms with E-state index in [-0.39, 0.29) is 23.1 Å². The molecule has 0 aromatic heterocycles. The molecule has 6 rings (SSSR count). The first kappa shape index (κ1) is 23.9. The number of phenols is 1. The molecule has 4 aromatic carbocycles. The zero-order chi connectivity index (χ0) is 26.1. The van der Waals surface area contributed by atoms with Crippen LogP contribution in [0, 0.1) is 5.82 Å². The molecule has 2 aliphatic heterocycles. The van der Waals surface area contributed by atoms with E-state index in [9.17, 15) is 14.3 Å². The number of benzene rings is 4. The smallest absolute Gasteiger partial charge is 0.231 e. The van der Waals surface area contributed by atoms with Crippen LogP contribution in [0.1, 0.15) is 21.5 Å². The van der Waals surface area contributed by atoms with Crippen molar-refractivity contribution in [2.75, 3.05) is 31.1 Å². The highest BCUT2D eigenvalue weighted by atomic mass is 19.1. The van der Waals surface area contributed by atoms with Crippen molar-refractivity contribution in [3.8, 4) is 22.6 Å². The molecule has 190 valence electrons. The van der Waals surface area contributed by atoms with E-state index >= 15 is 0 Å². The third-order valence-corrected chi connectivity index (χ3v) is 7.18. The number of piperazine rings is 1. The Balaban J connectivity index is 1.18. The highest BCUT2D eigenvalue weighted by molar-refractivity contribution is 6.15. The van der Waals surface area contributed by atoms with E-state index in [1.165, 1.54) is 6.07 Å². The molecular weight excluding hydrogens is 479 g/mol. The molecule has 0 radical (unpaired) electrons. The van der Waals surface area contributed by atoms with E-state index in [0.717, 1.165) is 16.7 Å². The molecule has 2 heterocycles. The van der Waals surface area contributed by atoms with Gasteiger partial charge in [0.25, 0.3) is 0 Å². The molecular formula is C32H27FN2O3. The number of carbonyl (C=O) groups excluding carboxylic acids is 1. The Labute approximate surface area is 221 Å². The summed E-state index contributed by atoms with van der Waals surface area (Å²) < 4.78 is 20.3. The molecule has 5 nitrogen and oxygen atoms in total. The van der Waals surface area contributed by atoms with Gasteiger partial charge in [-0.3, -0.25) is 9.69 Å². The van der Waals surface area contributed by atoms with Gasteiger partial charge in [0.2, 0.25) is 5.78 Å². The summed E-state index contributed by atoms with van der Waals surface area (Å²) in [4.78, 5) is 17.4. The number of Topliss-reactive ketones (excluding diaryl/α,β-unsaturated/α-hetero) is 1. The van der Waals surface area contributed by atoms with Crippen LogP contribution in [-0.4, -0.2) is 42.0 Å². The van der Waals surface area contributed by atoms with Crippen LogP contribution in [-0.2, 0) is 6.54 Å². The van der Waals surface area contributed by atoms with Crippen LogP contribution in [0.2, 0.25) is 0 Å². The van der Waals surface area contributed by atoms with E-state index in [1.54, 1.807) is 30.3 Å². The maximum Gasteiger partial charge on any atom is 0.231 e. The number of rotatable bonds is 5. The minimum atomic E-state index is -0.222. The lowest BCUT2D eigenvalue weighted by Gasteiger charge is -2.36. The fourth-order valence-electron chi connectivity index (χ4n) is 5.08. The number of nitrogens with zero attached hydrogens (tertiary/aromatic N) is 2. The number of phenolic OH excluding ortho intramolecular Hbond substituents is 1. The van der Waals surface area contributed by atoms with E-state index in [2.05, 4.69) is 17.0 Å². The van der Waals surface area contributed by atoms with Gasteiger partial charge in [-0.25, -0.2) is 4.39 Å². The molecule has 0 bridgehead atoms. The lowest BCUT2D eigenvalue weighted by atomic mass is 10.0. The third-order valence-electron chi connectivity index (χ3n) is 7.18. The second-order valence-electron chi connectivity index (χ2n) is 9.58. The molecule has 0 amide bonds. The summed E-state index contributed by atoms with van der Waals surface area (Å²) in [6, 6.07) is 28.0. The van der Waals surface area contributed by atoms with Gasteiger partial charge in [-0.1, -0.05) is 66.7 Å². The lowest BCUT2D eigenvalue weighted by molar-refractivity contribution is 0.101. The minimum Gasteiger partial charge on any atom is -0.507 e. The van der Waals surface area contributed by atoms with Crippen LogP contribution in [0.15, 0.2) is 96.8 Å². The van der Waals surface area contributed by atoms with Gasteiger partial charge >= 0.3 is 0 Å². The highest BCUT2D eigenvalue weighted by Crippen LogP contribution is 2.40. The molecule has 1 N–H and O–H groups in total. The average Bonchev–Trinajstić information content (AvgIpc) is 3.27. The van der Waals surface area contributed by atoms with Crippen molar-refractivity contribution in [2.45, 2.75) is 6.54 Å². The zero-order valence-corrected chi connectivity index (χ0v) is 20.8. The van der Waals surface area contributed by atoms with E-state index < -0.39 is 0 Å². The molecule has 2 aliphatic rings. The van der Waals surface area contributed by atoms with Crippen molar-refractivity contribution in [3.63, 3.8) is 0 Å². The normalized spacial score (nSPS) is 16.5. The minimum absolute atomic E-state index is 0.0987. The van der Waals surface area contributed by atoms with Crippen LogP contribution >= 0.6 is 0 Å².